The first-order valence-electron chi connectivity index (χ1n) is 5.34. The van der Waals surface area contributed by atoms with Crippen molar-refractivity contribution < 1.29 is 4.79 Å². The van der Waals surface area contributed by atoms with Crippen molar-refractivity contribution in [1.29, 1.82) is 0 Å². The molecule has 0 aromatic heterocycles. The van der Waals surface area contributed by atoms with Crippen LogP contribution in [0.15, 0.2) is 24.3 Å². The van der Waals surface area contributed by atoms with Crippen LogP contribution in [-0.4, -0.2) is 25.0 Å². The van der Waals surface area contributed by atoms with E-state index in [4.69, 9.17) is 0 Å². The molecule has 1 atom stereocenters. The van der Waals surface area contributed by atoms with Crippen LogP contribution in [0.3, 0.4) is 0 Å². The molecule has 0 aliphatic carbocycles. The standard InChI is InChI=1S/C12H16N2O/c1-9-3-2-4-10(7-9)12(15)14-8-11-5-6-13-11/h2-4,7,11,13H,5-6,8H2,1H3,(H,14,15). The number of hydrogen-bond donors (Lipinski definition) is 2. The Hall–Kier alpha value is -1.35. The van der Waals surface area contributed by atoms with Crippen molar-refractivity contribution in [2.24, 2.45) is 0 Å². The van der Waals surface area contributed by atoms with Gasteiger partial charge in [0.05, 0.1) is 0 Å². The Bertz CT molecular complexity index is 358. The molecule has 1 aromatic rings. The van der Waals surface area contributed by atoms with Crippen molar-refractivity contribution in [3.8, 4) is 0 Å². The average molecular weight is 204 g/mol. The number of amides is 1. The van der Waals surface area contributed by atoms with E-state index in [1.807, 2.05) is 31.2 Å². The summed E-state index contributed by atoms with van der Waals surface area (Å²) in [5.41, 5.74) is 1.86. The summed E-state index contributed by atoms with van der Waals surface area (Å²) < 4.78 is 0. The molecule has 1 saturated heterocycles. The third-order valence-corrected chi connectivity index (χ3v) is 2.72. The largest absolute Gasteiger partial charge is 0.350 e. The minimum Gasteiger partial charge on any atom is -0.350 e. The van der Waals surface area contributed by atoms with Crippen LogP contribution >= 0.6 is 0 Å². The highest BCUT2D eigenvalue weighted by Crippen LogP contribution is 2.04. The molecule has 1 aliphatic rings. The fourth-order valence-corrected chi connectivity index (χ4v) is 1.63. The molecular weight excluding hydrogens is 188 g/mol. The molecule has 1 amide bonds. The maximum atomic E-state index is 11.7. The number of nitrogens with one attached hydrogen (secondary N) is 2. The molecule has 2 rings (SSSR count). The smallest absolute Gasteiger partial charge is 0.251 e. The van der Waals surface area contributed by atoms with E-state index < -0.39 is 0 Å². The summed E-state index contributed by atoms with van der Waals surface area (Å²) in [4.78, 5) is 11.7. The second-order valence-electron chi connectivity index (χ2n) is 4.02. The van der Waals surface area contributed by atoms with Gasteiger partial charge in [0.1, 0.15) is 0 Å². The second-order valence-corrected chi connectivity index (χ2v) is 4.02. The minimum atomic E-state index is 0.0207. The Kier molecular flexibility index (Phi) is 3.02. The summed E-state index contributed by atoms with van der Waals surface area (Å²) in [6, 6.07) is 8.12. The van der Waals surface area contributed by atoms with E-state index >= 15 is 0 Å². The van der Waals surface area contributed by atoms with E-state index in [1.165, 1.54) is 0 Å². The maximum Gasteiger partial charge on any atom is 0.251 e. The number of aryl methyl sites for hydroxylation is 1. The Labute approximate surface area is 89.9 Å². The lowest BCUT2D eigenvalue weighted by atomic mass is 10.1. The summed E-state index contributed by atoms with van der Waals surface area (Å²) in [6.07, 6.45) is 1.16. The van der Waals surface area contributed by atoms with E-state index in [1.54, 1.807) is 0 Å². The second kappa shape index (κ2) is 4.45. The fourth-order valence-electron chi connectivity index (χ4n) is 1.63. The summed E-state index contributed by atoms with van der Waals surface area (Å²) in [5.74, 6) is 0.0207. The predicted molar refractivity (Wildman–Crippen MR) is 59.9 cm³/mol. The van der Waals surface area contributed by atoms with Gasteiger partial charge in [-0.15, -0.1) is 0 Å². The molecule has 1 aliphatic heterocycles. The molecule has 0 saturated carbocycles. The van der Waals surface area contributed by atoms with Gasteiger partial charge in [0, 0.05) is 18.2 Å². The molecule has 0 spiro atoms. The van der Waals surface area contributed by atoms with Crippen LogP contribution < -0.4 is 10.6 Å². The fraction of sp³-hybridized carbons (Fsp3) is 0.417. The lowest BCUT2D eigenvalue weighted by Gasteiger charge is -2.27. The van der Waals surface area contributed by atoms with Crippen molar-refractivity contribution in [2.75, 3.05) is 13.1 Å². The van der Waals surface area contributed by atoms with Gasteiger partial charge in [0.2, 0.25) is 0 Å². The van der Waals surface area contributed by atoms with Crippen molar-refractivity contribution >= 4 is 5.91 Å². The lowest BCUT2D eigenvalue weighted by molar-refractivity contribution is 0.0945. The molecule has 1 unspecified atom stereocenters. The van der Waals surface area contributed by atoms with Gasteiger partial charge in [-0.2, -0.15) is 0 Å². The highest BCUT2D eigenvalue weighted by molar-refractivity contribution is 5.94. The summed E-state index contributed by atoms with van der Waals surface area (Å²) >= 11 is 0. The van der Waals surface area contributed by atoms with Crippen LogP contribution in [0.1, 0.15) is 22.3 Å². The Morgan fingerprint density at radius 3 is 3.00 bits per heavy atom. The molecule has 3 heteroatoms. The molecule has 1 fully saturated rings. The van der Waals surface area contributed by atoms with Gasteiger partial charge >= 0.3 is 0 Å². The zero-order valence-electron chi connectivity index (χ0n) is 8.92. The van der Waals surface area contributed by atoms with Crippen LogP contribution in [0, 0.1) is 6.92 Å². The third-order valence-electron chi connectivity index (χ3n) is 2.72. The first-order valence-corrected chi connectivity index (χ1v) is 5.34. The Morgan fingerprint density at radius 2 is 2.40 bits per heavy atom. The zero-order chi connectivity index (χ0) is 10.7. The van der Waals surface area contributed by atoms with Crippen LogP contribution in [0.5, 0.6) is 0 Å². The van der Waals surface area contributed by atoms with Crippen LogP contribution in [0.4, 0.5) is 0 Å². The molecule has 0 radical (unpaired) electrons. The van der Waals surface area contributed by atoms with Crippen LogP contribution in [0.2, 0.25) is 0 Å². The number of rotatable bonds is 3. The molecular formula is C12H16N2O. The maximum absolute atomic E-state index is 11.7. The number of hydrogen-bond acceptors (Lipinski definition) is 2. The minimum absolute atomic E-state index is 0.0207. The normalized spacial score (nSPS) is 19.4. The van der Waals surface area contributed by atoms with E-state index in [0.29, 0.717) is 6.04 Å². The average Bonchev–Trinajstić information content (AvgIpc) is 2.15. The molecule has 0 bridgehead atoms. The van der Waals surface area contributed by atoms with Gasteiger partial charge in [-0.3, -0.25) is 4.79 Å². The zero-order valence-corrected chi connectivity index (χ0v) is 8.92. The Balaban J connectivity index is 1.89. The quantitative estimate of drug-likeness (QED) is 0.773. The molecule has 3 nitrogen and oxygen atoms in total. The molecule has 1 heterocycles. The van der Waals surface area contributed by atoms with Gasteiger partial charge in [0.15, 0.2) is 0 Å². The highest BCUT2D eigenvalue weighted by Gasteiger charge is 2.16. The van der Waals surface area contributed by atoms with E-state index in [-0.39, 0.29) is 5.91 Å². The third kappa shape index (κ3) is 2.57. The van der Waals surface area contributed by atoms with Gasteiger partial charge in [-0.25, -0.2) is 0 Å². The van der Waals surface area contributed by atoms with E-state index in [0.717, 1.165) is 30.6 Å². The summed E-state index contributed by atoms with van der Waals surface area (Å²) in [7, 11) is 0. The topological polar surface area (TPSA) is 41.1 Å². The van der Waals surface area contributed by atoms with Gasteiger partial charge in [0.25, 0.3) is 5.91 Å². The summed E-state index contributed by atoms with van der Waals surface area (Å²) in [6.45, 7) is 3.79. The number of carbonyl (C=O) groups is 1. The van der Waals surface area contributed by atoms with Crippen molar-refractivity contribution in [3.05, 3.63) is 35.4 Å². The van der Waals surface area contributed by atoms with Crippen molar-refractivity contribution in [2.45, 2.75) is 19.4 Å². The van der Waals surface area contributed by atoms with Crippen molar-refractivity contribution in [3.63, 3.8) is 0 Å². The van der Waals surface area contributed by atoms with Gasteiger partial charge in [-0.1, -0.05) is 17.7 Å². The highest BCUT2D eigenvalue weighted by atomic mass is 16.1. The molecule has 2 N–H and O–H groups in total. The van der Waals surface area contributed by atoms with Crippen LogP contribution in [0.25, 0.3) is 0 Å². The monoisotopic (exact) mass is 204 g/mol. The molecule has 15 heavy (non-hydrogen) atoms. The predicted octanol–water partition coefficient (Wildman–Crippen LogP) is 1.09. The Morgan fingerprint density at radius 1 is 1.60 bits per heavy atom. The van der Waals surface area contributed by atoms with E-state index in [2.05, 4.69) is 10.6 Å². The van der Waals surface area contributed by atoms with Crippen molar-refractivity contribution in [1.82, 2.24) is 10.6 Å². The first-order chi connectivity index (χ1) is 7.25. The van der Waals surface area contributed by atoms with Gasteiger partial charge in [-0.05, 0) is 32.0 Å². The lowest BCUT2D eigenvalue weighted by Crippen LogP contribution is -2.50. The molecule has 80 valence electrons. The molecule has 1 aromatic carbocycles. The van der Waals surface area contributed by atoms with E-state index in [9.17, 15) is 4.79 Å². The van der Waals surface area contributed by atoms with Crippen LogP contribution in [-0.2, 0) is 0 Å². The number of carbonyl (C=O) groups excluding carboxylic acids is 1. The van der Waals surface area contributed by atoms with Gasteiger partial charge < -0.3 is 10.6 Å². The SMILES string of the molecule is Cc1cccc(C(=O)NCC2CCN2)c1. The number of benzene rings is 1. The first kappa shape index (κ1) is 10.2. The summed E-state index contributed by atoms with van der Waals surface area (Å²) in [5, 5.41) is 6.18.